The second-order valence-corrected chi connectivity index (χ2v) is 6.69. The molecule has 1 fully saturated rings. The summed E-state index contributed by atoms with van der Waals surface area (Å²) in [4.78, 5) is 12.4. The molecule has 3 rings (SSSR count). The Balaban J connectivity index is 0.00000208. The van der Waals surface area contributed by atoms with Gasteiger partial charge in [0.15, 0.2) is 11.5 Å². The molecule has 0 aromatic heterocycles. The highest BCUT2D eigenvalue weighted by Crippen LogP contribution is 2.34. The predicted molar refractivity (Wildman–Crippen MR) is 96.0 cm³/mol. The average Bonchev–Trinajstić information content (AvgIpc) is 3.05. The fourth-order valence-corrected chi connectivity index (χ4v) is 3.28. The molecule has 0 spiro atoms. The molecule has 1 aromatic rings. The van der Waals surface area contributed by atoms with Crippen molar-refractivity contribution in [1.82, 2.24) is 10.6 Å². The van der Waals surface area contributed by atoms with E-state index >= 15 is 0 Å². The smallest absolute Gasteiger partial charge is 0.222 e. The van der Waals surface area contributed by atoms with Crippen LogP contribution in [0.4, 0.5) is 0 Å². The molecule has 5 nitrogen and oxygen atoms in total. The van der Waals surface area contributed by atoms with Crippen molar-refractivity contribution >= 4 is 18.3 Å². The van der Waals surface area contributed by atoms with Crippen molar-refractivity contribution in [3.05, 3.63) is 23.8 Å². The average molecular weight is 355 g/mol. The highest BCUT2D eigenvalue weighted by Gasteiger charge is 2.23. The van der Waals surface area contributed by atoms with Gasteiger partial charge in [0, 0.05) is 12.5 Å². The van der Waals surface area contributed by atoms with Crippen LogP contribution in [0.1, 0.15) is 44.7 Å². The molecule has 0 saturated carbocycles. The van der Waals surface area contributed by atoms with Crippen LogP contribution in [0.5, 0.6) is 11.5 Å². The van der Waals surface area contributed by atoms with Crippen LogP contribution in [0.3, 0.4) is 0 Å². The summed E-state index contributed by atoms with van der Waals surface area (Å²) < 4.78 is 11.2. The maximum Gasteiger partial charge on any atom is 0.222 e. The van der Waals surface area contributed by atoms with E-state index in [1.54, 1.807) is 0 Å². The van der Waals surface area contributed by atoms with Gasteiger partial charge in [-0.2, -0.15) is 0 Å². The number of rotatable bonds is 5. The minimum Gasteiger partial charge on any atom is -0.486 e. The number of hydrogen-bond donors (Lipinski definition) is 2. The van der Waals surface area contributed by atoms with E-state index in [4.69, 9.17) is 9.47 Å². The number of carbonyl (C=O) groups excluding carboxylic acids is 1. The van der Waals surface area contributed by atoms with Crippen LogP contribution in [0.15, 0.2) is 18.2 Å². The maximum atomic E-state index is 12.4. The molecular weight excluding hydrogens is 328 g/mol. The summed E-state index contributed by atoms with van der Waals surface area (Å²) in [6.45, 7) is 6.42. The zero-order valence-corrected chi connectivity index (χ0v) is 15.2. The topological polar surface area (TPSA) is 59.6 Å². The van der Waals surface area contributed by atoms with Crippen LogP contribution in [-0.2, 0) is 4.79 Å². The van der Waals surface area contributed by atoms with Crippen LogP contribution >= 0.6 is 12.4 Å². The quantitative estimate of drug-likeness (QED) is 0.853. The van der Waals surface area contributed by atoms with E-state index in [1.165, 1.54) is 0 Å². The lowest BCUT2D eigenvalue weighted by Crippen LogP contribution is -2.36. The van der Waals surface area contributed by atoms with Gasteiger partial charge in [-0.25, -0.2) is 0 Å². The van der Waals surface area contributed by atoms with Crippen LogP contribution in [0, 0.1) is 5.92 Å². The van der Waals surface area contributed by atoms with Crippen molar-refractivity contribution < 1.29 is 14.3 Å². The first-order valence-electron chi connectivity index (χ1n) is 8.56. The Morgan fingerprint density at radius 3 is 2.71 bits per heavy atom. The molecule has 0 radical (unpaired) electrons. The number of fused-ring (bicyclic) bond motifs is 1. The number of halogens is 1. The Bertz CT molecular complexity index is 559. The van der Waals surface area contributed by atoms with Crippen molar-refractivity contribution in [2.24, 2.45) is 5.92 Å². The summed E-state index contributed by atoms with van der Waals surface area (Å²) in [5.74, 6) is 1.96. The van der Waals surface area contributed by atoms with Gasteiger partial charge >= 0.3 is 0 Å². The molecule has 1 aromatic carbocycles. The minimum atomic E-state index is -0.0141. The number of nitrogens with one attached hydrogen (secondary N) is 2. The molecule has 134 valence electrons. The van der Waals surface area contributed by atoms with E-state index in [9.17, 15) is 4.79 Å². The zero-order chi connectivity index (χ0) is 16.2. The van der Waals surface area contributed by atoms with Crippen LogP contribution in [0.25, 0.3) is 0 Å². The van der Waals surface area contributed by atoms with Gasteiger partial charge in [0.25, 0.3) is 0 Å². The van der Waals surface area contributed by atoms with Gasteiger partial charge in [0.1, 0.15) is 13.2 Å². The van der Waals surface area contributed by atoms with Gasteiger partial charge in [-0.3, -0.25) is 4.79 Å². The van der Waals surface area contributed by atoms with Crippen LogP contribution in [-0.4, -0.2) is 31.7 Å². The first-order valence-corrected chi connectivity index (χ1v) is 8.56. The Morgan fingerprint density at radius 2 is 2.04 bits per heavy atom. The summed E-state index contributed by atoms with van der Waals surface area (Å²) >= 11 is 0. The number of hydrogen-bond acceptors (Lipinski definition) is 4. The molecule has 24 heavy (non-hydrogen) atoms. The number of amides is 1. The molecule has 2 aliphatic heterocycles. The second kappa shape index (κ2) is 8.58. The molecule has 2 heterocycles. The molecule has 2 N–H and O–H groups in total. The lowest BCUT2D eigenvalue weighted by Gasteiger charge is -2.26. The van der Waals surface area contributed by atoms with Crippen molar-refractivity contribution in [2.75, 3.05) is 19.8 Å². The van der Waals surface area contributed by atoms with Crippen molar-refractivity contribution in [2.45, 2.75) is 45.2 Å². The summed E-state index contributed by atoms with van der Waals surface area (Å²) in [6.07, 6.45) is 2.80. The minimum absolute atomic E-state index is 0. The molecule has 1 saturated heterocycles. The van der Waals surface area contributed by atoms with E-state index in [1.807, 2.05) is 18.2 Å². The monoisotopic (exact) mass is 354 g/mol. The molecule has 1 amide bonds. The summed E-state index contributed by atoms with van der Waals surface area (Å²) in [5.41, 5.74) is 1.07. The Morgan fingerprint density at radius 1 is 1.29 bits per heavy atom. The predicted octanol–water partition coefficient (Wildman–Crippen LogP) is 2.84. The van der Waals surface area contributed by atoms with Crippen LogP contribution < -0.4 is 20.1 Å². The second-order valence-electron chi connectivity index (χ2n) is 6.69. The maximum absolute atomic E-state index is 12.4. The van der Waals surface area contributed by atoms with E-state index < -0.39 is 0 Å². The lowest BCUT2D eigenvalue weighted by molar-refractivity contribution is -0.122. The molecule has 0 aliphatic carbocycles. The SMILES string of the molecule is CC(C)C(NC(=O)CC1CCCN1)c1ccc2c(c1)OCCO2.Cl. The third kappa shape index (κ3) is 4.54. The summed E-state index contributed by atoms with van der Waals surface area (Å²) in [7, 11) is 0. The number of ether oxygens (including phenoxy) is 2. The third-order valence-corrected chi connectivity index (χ3v) is 4.50. The lowest BCUT2D eigenvalue weighted by atomic mass is 9.95. The summed E-state index contributed by atoms with van der Waals surface area (Å²) in [5, 5.41) is 6.56. The molecule has 2 unspecified atom stereocenters. The van der Waals surface area contributed by atoms with Crippen molar-refractivity contribution in [3.8, 4) is 11.5 Å². The molecule has 6 heteroatoms. The molecule has 2 aliphatic rings. The highest BCUT2D eigenvalue weighted by molar-refractivity contribution is 5.85. The van der Waals surface area contributed by atoms with Gasteiger partial charge in [0.05, 0.1) is 6.04 Å². The van der Waals surface area contributed by atoms with Gasteiger partial charge in [-0.15, -0.1) is 12.4 Å². The summed E-state index contributed by atoms with van der Waals surface area (Å²) in [6, 6.07) is 6.26. The van der Waals surface area contributed by atoms with Gasteiger partial charge in [-0.1, -0.05) is 19.9 Å². The molecule has 2 atom stereocenters. The fourth-order valence-electron chi connectivity index (χ4n) is 3.28. The van der Waals surface area contributed by atoms with E-state index in [2.05, 4.69) is 24.5 Å². The van der Waals surface area contributed by atoms with E-state index in [0.717, 1.165) is 36.4 Å². The largest absolute Gasteiger partial charge is 0.486 e. The highest BCUT2D eigenvalue weighted by atomic mass is 35.5. The number of carbonyl (C=O) groups is 1. The first-order chi connectivity index (χ1) is 11.1. The molecule has 0 bridgehead atoms. The van der Waals surface area contributed by atoms with Gasteiger partial charge in [-0.05, 0) is 43.0 Å². The molecular formula is C18H27ClN2O3. The Labute approximate surface area is 149 Å². The first kappa shape index (κ1) is 18.9. The van der Waals surface area contributed by atoms with Gasteiger partial charge in [0.2, 0.25) is 5.91 Å². The van der Waals surface area contributed by atoms with Crippen molar-refractivity contribution in [1.29, 1.82) is 0 Å². The van der Waals surface area contributed by atoms with E-state index in [0.29, 0.717) is 31.6 Å². The fraction of sp³-hybridized carbons (Fsp3) is 0.611. The van der Waals surface area contributed by atoms with Crippen LogP contribution in [0.2, 0.25) is 0 Å². The van der Waals surface area contributed by atoms with E-state index in [-0.39, 0.29) is 24.4 Å². The number of benzene rings is 1. The Kier molecular flexibility index (Phi) is 6.75. The van der Waals surface area contributed by atoms with Gasteiger partial charge < -0.3 is 20.1 Å². The Hall–Kier alpha value is -1.46. The van der Waals surface area contributed by atoms with Crippen molar-refractivity contribution in [3.63, 3.8) is 0 Å². The third-order valence-electron chi connectivity index (χ3n) is 4.50. The normalized spacial score (nSPS) is 20.4. The standard InChI is InChI=1S/C18H26N2O3.ClH/c1-12(2)18(20-17(21)11-14-4-3-7-19-14)13-5-6-15-16(10-13)23-9-8-22-15;/h5-6,10,12,14,18-19H,3-4,7-9,11H2,1-2H3,(H,20,21);1H. The zero-order valence-electron chi connectivity index (χ0n) is 14.3.